The number of H-pyrrole nitrogens is 1. The lowest BCUT2D eigenvalue weighted by molar-refractivity contribution is 0.0951. The number of aromatic amines is 1. The first-order valence-corrected chi connectivity index (χ1v) is 7.27. The third-order valence-corrected chi connectivity index (χ3v) is 4.26. The van der Waals surface area contributed by atoms with Crippen LogP contribution in [0.25, 0.3) is 10.9 Å². The number of thiazole rings is 1. The standard InChI is InChI=1S/C15H15N3OS/c1-9-10(2)18-14-4-3-11(5-13(9)14)15(19)17-7-12-6-16-8-20-12/h3-6,8,18H,7H2,1-2H3,(H,17,19). The summed E-state index contributed by atoms with van der Waals surface area (Å²) in [4.78, 5) is 20.5. The Bertz CT molecular complexity index is 759. The molecule has 3 aromatic rings. The molecule has 0 saturated heterocycles. The first-order chi connectivity index (χ1) is 9.65. The van der Waals surface area contributed by atoms with Gasteiger partial charge in [0.2, 0.25) is 0 Å². The molecule has 0 bridgehead atoms. The number of carbonyl (C=O) groups excluding carboxylic acids is 1. The van der Waals surface area contributed by atoms with E-state index in [2.05, 4.69) is 22.2 Å². The van der Waals surface area contributed by atoms with Gasteiger partial charge in [-0.3, -0.25) is 9.78 Å². The SMILES string of the molecule is Cc1[nH]c2ccc(C(=O)NCc3cncs3)cc2c1C. The summed E-state index contributed by atoms with van der Waals surface area (Å²) in [7, 11) is 0. The molecular formula is C15H15N3OS. The van der Waals surface area contributed by atoms with Crippen molar-refractivity contribution in [1.82, 2.24) is 15.3 Å². The molecule has 1 aromatic carbocycles. The molecular weight excluding hydrogens is 270 g/mol. The highest BCUT2D eigenvalue weighted by Gasteiger charge is 2.10. The van der Waals surface area contributed by atoms with E-state index in [0.29, 0.717) is 12.1 Å². The molecule has 2 N–H and O–H groups in total. The van der Waals surface area contributed by atoms with Crippen molar-refractivity contribution in [1.29, 1.82) is 0 Å². The van der Waals surface area contributed by atoms with Gasteiger partial charge in [-0.15, -0.1) is 11.3 Å². The normalized spacial score (nSPS) is 10.9. The summed E-state index contributed by atoms with van der Waals surface area (Å²) in [5.41, 5.74) is 5.85. The highest BCUT2D eigenvalue weighted by Crippen LogP contribution is 2.22. The fraction of sp³-hybridized carbons (Fsp3) is 0.200. The molecule has 20 heavy (non-hydrogen) atoms. The number of hydrogen-bond acceptors (Lipinski definition) is 3. The van der Waals surface area contributed by atoms with Crippen LogP contribution in [0.4, 0.5) is 0 Å². The second-order valence-corrected chi connectivity index (χ2v) is 5.76. The van der Waals surface area contributed by atoms with E-state index < -0.39 is 0 Å². The largest absolute Gasteiger partial charge is 0.358 e. The number of benzene rings is 1. The molecule has 2 heterocycles. The highest BCUT2D eigenvalue weighted by atomic mass is 32.1. The van der Waals surface area contributed by atoms with Gasteiger partial charge in [0.1, 0.15) is 0 Å². The molecule has 0 aliphatic carbocycles. The Kier molecular flexibility index (Phi) is 3.28. The number of fused-ring (bicyclic) bond motifs is 1. The quantitative estimate of drug-likeness (QED) is 0.776. The lowest BCUT2D eigenvalue weighted by Gasteiger charge is -2.04. The molecule has 2 aromatic heterocycles. The van der Waals surface area contributed by atoms with E-state index in [4.69, 9.17) is 0 Å². The van der Waals surface area contributed by atoms with E-state index in [-0.39, 0.29) is 5.91 Å². The van der Waals surface area contributed by atoms with Crippen LogP contribution in [0, 0.1) is 13.8 Å². The number of carbonyl (C=O) groups is 1. The van der Waals surface area contributed by atoms with Crippen LogP contribution in [0.3, 0.4) is 0 Å². The van der Waals surface area contributed by atoms with Gasteiger partial charge in [-0.05, 0) is 37.6 Å². The van der Waals surface area contributed by atoms with Crippen molar-refractivity contribution < 1.29 is 4.79 Å². The monoisotopic (exact) mass is 285 g/mol. The van der Waals surface area contributed by atoms with E-state index in [9.17, 15) is 4.79 Å². The minimum atomic E-state index is -0.0569. The Hall–Kier alpha value is -2.14. The second-order valence-electron chi connectivity index (χ2n) is 4.79. The summed E-state index contributed by atoms with van der Waals surface area (Å²) >= 11 is 1.54. The minimum Gasteiger partial charge on any atom is -0.358 e. The lowest BCUT2D eigenvalue weighted by atomic mass is 10.1. The molecule has 0 atom stereocenters. The van der Waals surface area contributed by atoms with Crippen LogP contribution in [-0.2, 0) is 6.54 Å². The molecule has 4 nitrogen and oxygen atoms in total. The van der Waals surface area contributed by atoms with Crippen molar-refractivity contribution >= 4 is 28.1 Å². The van der Waals surface area contributed by atoms with Gasteiger partial charge in [-0.25, -0.2) is 0 Å². The van der Waals surface area contributed by atoms with E-state index in [0.717, 1.165) is 21.5 Å². The molecule has 0 radical (unpaired) electrons. The zero-order valence-electron chi connectivity index (χ0n) is 11.4. The maximum atomic E-state index is 12.2. The van der Waals surface area contributed by atoms with Crippen LogP contribution >= 0.6 is 11.3 Å². The summed E-state index contributed by atoms with van der Waals surface area (Å²) in [5.74, 6) is -0.0569. The Morgan fingerprint density at radius 1 is 1.40 bits per heavy atom. The summed E-state index contributed by atoms with van der Waals surface area (Å²) in [5, 5.41) is 4.02. The second kappa shape index (κ2) is 5.09. The van der Waals surface area contributed by atoms with Gasteiger partial charge in [0.15, 0.2) is 0 Å². The van der Waals surface area contributed by atoms with Crippen molar-refractivity contribution in [3.63, 3.8) is 0 Å². The van der Waals surface area contributed by atoms with E-state index in [1.807, 2.05) is 25.1 Å². The highest BCUT2D eigenvalue weighted by molar-refractivity contribution is 7.09. The van der Waals surface area contributed by atoms with Crippen LogP contribution in [0.1, 0.15) is 26.5 Å². The number of hydrogen-bond donors (Lipinski definition) is 2. The molecule has 0 aliphatic rings. The Morgan fingerprint density at radius 3 is 3.00 bits per heavy atom. The summed E-state index contributed by atoms with van der Waals surface area (Å²) in [6.45, 7) is 4.62. The Labute approximate surface area is 120 Å². The first kappa shape index (κ1) is 12.9. The molecule has 102 valence electrons. The van der Waals surface area contributed by atoms with Crippen molar-refractivity contribution in [2.75, 3.05) is 0 Å². The number of nitrogens with one attached hydrogen (secondary N) is 2. The molecule has 0 fully saturated rings. The van der Waals surface area contributed by atoms with Gasteiger partial charge in [-0.2, -0.15) is 0 Å². The number of aromatic nitrogens is 2. The smallest absolute Gasteiger partial charge is 0.251 e. The van der Waals surface area contributed by atoms with Gasteiger partial charge in [0.25, 0.3) is 5.91 Å². The molecule has 5 heteroatoms. The van der Waals surface area contributed by atoms with Crippen LogP contribution in [0.15, 0.2) is 29.9 Å². The van der Waals surface area contributed by atoms with Crippen molar-refractivity contribution in [2.24, 2.45) is 0 Å². The average Bonchev–Trinajstić information content (AvgIpc) is 3.06. The van der Waals surface area contributed by atoms with Gasteiger partial charge < -0.3 is 10.3 Å². The summed E-state index contributed by atoms with van der Waals surface area (Å²) < 4.78 is 0. The number of aryl methyl sites for hydroxylation is 2. The van der Waals surface area contributed by atoms with Crippen molar-refractivity contribution in [3.05, 3.63) is 51.6 Å². The van der Waals surface area contributed by atoms with Gasteiger partial charge >= 0.3 is 0 Å². The third kappa shape index (κ3) is 2.32. The molecule has 3 rings (SSSR count). The maximum absolute atomic E-state index is 12.2. The summed E-state index contributed by atoms with van der Waals surface area (Å²) in [6.07, 6.45) is 1.77. The van der Waals surface area contributed by atoms with Crippen LogP contribution in [0.2, 0.25) is 0 Å². The zero-order chi connectivity index (χ0) is 14.1. The van der Waals surface area contributed by atoms with Gasteiger partial charge in [-0.1, -0.05) is 0 Å². The van der Waals surface area contributed by atoms with Crippen LogP contribution < -0.4 is 5.32 Å². The van der Waals surface area contributed by atoms with E-state index >= 15 is 0 Å². The minimum absolute atomic E-state index is 0.0569. The lowest BCUT2D eigenvalue weighted by Crippen LogP contribution is -2.22. The third-order valence-electron chi connectivity index (χ3n) is 3.48. The van der Waals surface area contributed by atoms with Crippen LogP contribution in [-0.4, -0.2) is 15.9 Å². The predicted octanol–water partition coefficient (Wildman–Crippen LogP) is 3.17. The van der Waals surface area contributed by atoms with Crippen molar-refractivity contribution in [2.45, 2.75) is 20.4 Å². The average molecular weight is 285 g/mol. The first-order valence-electron chi connectivity index (χ1n) is 6.39. The van der Waals surface area contributed by atoms with Crippen molar-refractivity contribution in [3.8, 4) is 0 Å². The topological polar surface area (TPSA) is 57.8 Å². The fourth-order valence-electron chi connectivity index (χ4n) is 2.20. The van der Waals surface area contributed by atoms with Gasteiger partial charge in [0, 0.05) is 33.2 Å². The van der Waals surface area contributed by atoms with Crippen LogP contribution in [0.5, 0.6) is 0 Å². The predicted molar refractivity (Wildman–Crippen MR) is 81.1 cm³/mol. The Balaban J connectivity index is 1.82. The zero-order valence-corrected chi connectivity index (χ0v) is 12.2. The number of rotatable bonds is 3. The van der Waals surface area contributed by atoms with E-state index in [1.165, 1.54) is 16.9 Å². The fourth-order valence-corrected chi connectivity index (χ4v) is 2.74. The maximum Gasteiger partial charge on any atom is 0.251 e. The molecule has 0 saturated carbocycles. The van der Waals surface area contributed by atoms with E-state index in [1.54, 1.807) is 11.7 Å². The Morgan fingerprint density at radius 2 is 2.25 bits per heavy atom. The number of amides is 1. The van der Waals surface area contributed by atoms with Gasteiger partial charge in [0.05, 0.1) is 12.1 Å². The number of nitrogens with zero attached hydrogens (tertiary/aromatic N) is 1. The molecule has 0 aliphatic heterocycles. The molecule has 1 amide bonds. The molecule has 0 unspecified atom stereocenters. The summed E-state index contributed by atoms with van der Waals surface area (Å²) in [6, 6.07) is 5.74. The molecule has 0 spiro atoms.